The zero-order valence-electron chi connectivity index (χ0n) is 20.6. The van der Waals surface area contributed by atoms with Crippen molar-refractivity contribution in [3.63, 3.8) is 0 Å². The molecule has 0 radical (unpaired) electrons. The Hall–Kier alpha value is -1.41. The van der Waals surface area contributed by atoms with Gasteiger partial charge >= 0.3 is 11.9 Å². The SMILES string of the molecule is C=CCCOC(=O)CC(C(=O)OCCCCCCCCCCCCCCCCC)S(=O)(=O)O. The zero-order chi connectivity index (χ0) is 24.8. The largest absolute Gasteiger partial charge is 0.465 e. The highest BCUT2D eigenvalue weighted by atomic mass is 32.2. The van der Waals surface area contributed by atoms with Crippen LogP contribution in [0.2, 0.25) is 0 Å². The van der Waals surface area contributed by atoms with E-state index in [-0.39, 0.29) is 13.2 Å². The van der Waals surface area contributed by atoms with Gasteiger partial charge in [-0.25, -0.2) is 0 Å². The summed E-state index contributed by atoms with van der Waals surface area (Å²) in [5, 5.41) is -1.95. The van der Waals surface area contributed by atoms with Crippen molar-refractivity contribution in [2.24, 2.45) is 0 Å². The standard InChI is InChI=1S/C25H46O7S/c1-3-5-7-8-9-10-11-12-13-14-15-16-17-18-19-21-32-25(27)23(33(28,29)30)22-24(26)31-20-6-4-2/h4,23H,2-3,5-22H2,1H3,(H,28,29,30). The maximum absolute atomic E-state index is 12.0. The van der Waals surface area contributed by atoms with E-state index in [2.05, 4.69) is 13.5 Å². The predicted octanol–water partition coefficient (Wildman–Crippen LogP) is 6.17. The second kappa shape index (κ2) is 21.1. The number of carbonyl (C=O) groups excluding carboxylic acids is 2. The lowest BCUT2D eigenvalue weighted by atomic mass is 10.0. The lowest BCUT2D eigenvalue weighted by Gasteiger charge is -2.13. The van der Waals surface area contributed by atoms with Gasteiger partial charge in [-0.2, -0.15) is 8.42 Å². The number of ether oxygens (including phenoxy) is 2. The van der Waals surface area contributed by atoms with E-state index in [0.717, 1.165) is 19.3 Å². The Morgan fingerprint density at radius 3 is 1.67 bits per heavy atom. The highest BCUT2D eigenvalue weighted by Gasteiger charge is 2.35. The van der Waals surface area contributed by atoms with Crippen LogP contribution in [0.1, 0.15) is 116 Å². The van der Waals surface area contributed by atoms with Crippen LogP contribution in [0.4, 0.5) is 0 Å². The van der Waals surface area contributed by atoms with Crippen LogP contribution in [0.25, 0.3) is 0 Å². The summed E-state index contributed by atoms with van der Waals surface area (Å²) in [6, 6.07) is 0. The lowest BCUT2D eigenvalue weighted by Crippen LogP contribution is -2.34. The predicted molar refractivity (Wildman–Crippen MR) is 132 cm³/mol. The van der Waals surface area contributed by atoms with Crippen LogP contribution in [-0.4, -0.2) is 43.4 Å². The van der Waals surface area contributed by atoms with Gasteiger partial charge in [0.25, 0.3) is 10.1 Å². The molecular weight excluding hydrogens is 444 g/mol. The Labute approximate surface area is 201 Å². The average molecular weight is 491 g/mol. The van der Waals surface area contributed by atoms with E-state index in [1.807, 2.05) is 0 Å². The average Bonchev–Trinajstić information content (AvgIpc) is 2.76. The maximum atomic E-state index is 12.0. The number of hydrogen-bond donors (Lipinski definition) is 1. The van der Waals surface area contributed by atoms with Crippen molar-refractivity contribution in [1.82, 2.24) is 0 Å². The highest BCUT2D eigenvalue weighted by molar-refractivity contribution is 7.87. The molecule has 0 aliphatic heterocycles. The molecule has 0 spiro atoms. The van der Waals surface area contributed by atoms with Crippen molar-refractivity contribution < 1.29 is 32.0 Å². The molecule has 33 heavy (non-hydrogen) atoms. The van der Waals surface area contributed by atoms with E-state index in [1.54, 1.807) is 6.08 Å². The summed E-state index contributed by atoms with van der Waals surface area (Å²) in [5.74, 6) is -2.01. The molecule has 0 aromatic carbocycles. The first-order chi connectivity index (χ1) is 15.8. The second-order valence-corrected chi connectivity index (χ2v) is 10.2. The number of unbranched alkanes of at least 4 members (excludes halogenated alkanes) is 14. The van der Waals surface area contributed by atoms with Crippen LogP contribution >= 0.6 is 0 Å². The quantitative estimate of drug-likeness (QED) is 0.0790. The normalized spacial score (nSPS) is 12.3. The summed E-state index contributed by atoms with van der Waals surface area (Å²) in [5.41, 5.74) is 0. The van der Waals surface area contributed by atoms with Crippen molar-refractivity contribution in [2.75, 3.05) is 13.2 Å². The molecule has 0 aliphatic rings. The van der Waals surface area contributed by atoms with Crippen molar-refractivity contribution in [3.8, 4) is 0 Å². The van der Waals surface area contributed by atoms with Crippen LogP contribution in [0, 0.1) is 0 Å². The van der Waals surface area contributed by atoms with Crippen LogP contribution < -0.4 is 0 Å². The minimum Gasteiger partial charge on any atom is -0.465 e. The number of hydrogen-bond acceptors (Lipinski definition) is 6. The Morgan fingerprint density at radius 2 is 1.24 bits per heavy atom. The minimum absolute atomic E-state index is 0.0364. The van der Waals surface area contributed by atoms with Gasteiger partial charge in [-0.3, -0.25) is 14.1 Å². The van der Waals surface area contributed by atoms with E-state index in [0.29, 0.717) is 12.8 Å². The molecule has 8 heteroatoms. The maximum Gasteiger partial charge on any atom is 0.327 e. The van der Waals surface area contributed by atoms with Gasteiger partial charge in [-0.05, 0) is 12.8 Å². The monoisotopic (exact) mass is 490 g/mol. The van der Waals surface area contributed by atoms with Gasteiger partial charge in [-0.15, -0.1) is 6.58 Å². The fourth-order valence-electron chi connectivity index (χ4n) is 3.52. The molecule has 1 N–H and O–H groups in total. The van der Waals surface area contributed by atoms with Gasteiger partial charge in [0.05, 0.1) is 19.6 Å². The molecule has 0 aromatic heterocycles. The summed E-state index contributed by atoms with van der Waals surface area (Å²) in [7, 11) is -4.76. The van der Waals surface area contributed by atoms with Gasteiger partial charge in [0.2, 0.25) is 0 Å². The van der Waals surface area contributed by atoms with Crippen LogP contribution in [-0.2, 0) is 29.2 Å². The smallest absolute Gasteiger partial charge is 0.327 e. The molecule has 0 bridgehead atoms. The summed E-state index contributed by atoms with van der Waals surface area (Å²) in [6.45, 7) is 5.82. The van der Waals surface area contributed by atoms with Gasteiger partial charge in [-0.1, -0.05) is 103 Å². The van der Waals surface area contributed by atoms with E-state index in [4.69, 9.17) is 9.47 Å². The topological polar surface area (TPSA) is 107 Å². The van der Waals surface area contributed by atoms with E-state index < -0.39 is 33.7 Å². The highest BCUT2D eigenvalue weighted by Crippen LogP contribution is 2.14. The zero-order valence-corrected chi connectivity index (χ0v) is 21.4. The third-order valence-electron chi connectivity index (χ3n) is 5.55. The van der Waals surface area contributed by atoms with E-state index >= 15 is 0 Å². The third kappa shape index (κ3) is 19.7. The first-order valence-electron chi connectivity index (χ1n) is 12.7. The van der Waals surface area contributed by atoms with Crippen LogP contribution in [0.5, 0.6) is 0 Å². The molecule has 0 aliphatic carbocycles. The molecule has 0 aromatic rings. The van der Waals surface area contributed by atoms with Gasteiger partial charge in [0.1, 0.15) is 0 Å². The molecule has 1 atom stereocenters. The molecule has 0 saturated heterocycles. The number of carbonyl (C=O) groups is 2. The van der Waals surface area contributed by atoms with Crippen molar-refractivity contribution in [3.05, 3.63) is 12.7 Å². The van der Waals surface area contributed by atoms with Crippen molar-refractivity contribution in [2.45, 2.75) is 121 Å². The Bertz CT molecular complexity index is 616. The van der Waals surface area contributed by atoms with Crippen LogP contribution in [0.15, 0.2) is 12.7 Å². The van der Waals surface area contributed by atoms with Crippen molar-refractivity contribution in [1.29, 1.82) is 0 Å². The first-order valence-corrected chi connectivity index (χ1v) is 14.2. The number of esters is 2. The second-order valence-electron chi connectivity index (χ2n) is 8.62. The minimum atomic E-state index is -4.76. The first kappa shape index (κ1) is 31.6. The van der Waals surface area contributed by atoms with Crippen LogP contribution in [0.3, 0.4) is 0 Å². The molecule has 7 nitrogen and oxygen atoms in total. The Morgan fingerprint density at radius 1 is 0.788 bits per heavy atom. The summed E-state index contributed by atoms with van der Waals surface area (Å²) in [6.07, 6.45) is 19.4. The fourth-order valence-corrected chi connectivity index (χ4v) is 4.17. The number of rotatable bonds is 23. The van der Waals surface area contributed by atoms with Crippen molar-refractivity contribution >= 4 is 22.1 Å². The Balaban J connectivity index is 3.75. The summed E-state index contributed by atoms with van der Waals surface area (Å²) in [4.78, 5) is 23.7. The molecule has 194 valence electrons. The van der Waals surface area contributed by atoms with Gasteiger partial charge < -0.3 is 9.47 Å². The van der Waals surface area contributed by atoms with Gasteiger partial charge in [0.15, 0.2) is 5.25 Å². The Kier molecular flexibility index (Phi) is 20.2. The molecule has 0 heterocycles. The summed E-state index contributed by atoms with van der Waals surface area (Å²) < 4.78 is 41.9. The molecular formula is C25H46O7S. The third-order valence-corrected chi connectivity index (χ3v) is 6.63. The summed E-state index contributed by atoms with van der Waals surface area (Å²) >= 11 is 0. The molecule has 1 unspecified atom stereocenters. The molecule has 0 fully saturated rings. The fraction of sp³-hybridized carbons (Fsp3) is 0.840. The van der Waals surface area contributed by atoms with Gasteiger partial charge in [0, 0.05) is 0 Å². The van der Waals surface area contributed by atoms with E-state index in [9.17, 15) is 22.6 Å². The molecule has 0 saturated carbocycles. The lowest BCUT2D eigenvalue weighted by molar-refractivity contribution is -0.150. The molecule has 0 rings (SSSR count). The van der Waals surface area contributed by atoms with E-state index in [1.165, 1.54) is 70.6 Å². The molecule has 0 amide bonds.